The van der Waals surface area contributed by atoms with Gasteiger partial charge in [0.05, 0.1) is 34.9 Å². The number of carbonyl (C=O) groups excluding carboxylic acids is 1. The molecule has 9 heteroatoms. The molecule has 0 spiro atoms. The lowest BCUT2D eigenvalue weighted by Crippen LogP contribution is -2.61. The molecule has 3 atom stereocenters. The van der Waals surface area contributed by atoms with Crippen molar-refractivity contribution in [3.05, 3.63) is 59.2 Å². The van der Waals surface area contributed by atoms with Gasteiger partial charge in [0.15, 0.2) is 0 Å². The van der Waals surface area contributed by atoms with Crippen molar-refractivity contribution in [1.82, 2.24) is 5.32 Å². The molecule has 2 aromatic carbocycles. The van der Waals surface area contributed by atoms with Crippen molar-refractivity contribution < 1.29 is 22.7 Å². The largest absolute Gasteiger partial charge is 0.416 e. The standard InChI is InChI=1S/C26H27F3N4O2/c27-26(28,29)19-7-8-23-18(12-19)13-21(25(34)31-15-20-5-3-11-35-20)24-16-32(9-10-33(23)24)22-6-2-1-4-17(22)14-30/h1-2,4,6-8,12,20-21,24H,3,5,9-11,13,15-16H2,(H,31,34)/t20-,21+,24+/m1/s1. The smallest absolute Gasteiger partial charge is 0.376 e. The Morgan fingerprint density at radius 3 is 2.74 bits per heavy atom. The lowest BCUT2D eigenvalue weighted by Gasteiger charge is -2.50. The number of carbonyl (C=O) groups is 1. The van der Waals surface area contributed by atoms with E-state index in [0.29, 0.717) is 43.9 Å². The molecule has 1 N–H and O–H groups in total. The Bertz CT molecular complexity index is 1140. The van der Waals surface area contributed by atoms with Gasteiger partial charge in [0.1, 0.15) is 6.07 Å². The summed E-state index contributed by atoms with van der Waals surface area (Å²) < 4.78 is 45.9. The van der Waals surface area contributed by atoms with E-state index in [1.807, 2.05) is 18.2 Å². The molecule has 3 aliphatic rings. The van der Waals surface area contributed by atoms with Crippen LogP contribution in [-0.4, -0.2) is 50.8 Å². The average molecular weight is 485 g/mol. The minimum atomic E-state index is -4.44. The second-order valence-electron chi connectivity index (χ2n) is 9.37. The van der Waals surface area contributed by atoms with Crippen LogP contribution in [0.5, 0.6) is 0 Å². The minimum absolute atomic E-state index is 0.0203. The van der Waals surface area contributed by atoms with E-state index in [1.165, 1.54) is 12.1 Å². The first kappa shape index (κ1) is 23.5. The number of benzene rings is 2. The number of nitrogens with zero attached hydrogens (tertiary/aromatic N) is 3. The number of hydrogen-bond donors (Lipinski definition) is 1. The van der Waals surface area contributed by atoms with Gasteiger partial charge in [0.25, 0.3) is 0 Å². The Hall–Kier alpha value is -3.25. The summed E-state index contributed by atoms with van der Waals surface area (Å²) in [7, 11) is 0. The fourth-order valence-electron chi connectivity index (χ4n) is 5.51. The summed E-state index contributed by atoms with van der Waals surface area (Å²) in [5, 5.41) is 12.6. The quantitative estimate of drug-likeness (QED) is 0.716. The van der Waals surface area contributed by atoms with E-state index in [-0.39, 0.29) is 24.5 Å². The number of anilines is 2. The predicted octanol–water partition coefficient (Wildman–Crippen LogP) is 3.74. The van der Waals surface area contributed by atoms with Gasteiger partial charge < -0.3 is 19.9 Å². The minimum Gasteiger partial charge on any atom is -0.376 e. The highest BCUT2D eigenvalue weighted by Gasteiger charge is 2.43. The lowest BCUT2D eigenvalue weighted by molar-refractivity contribution is -0.137. The summed E-state index contributed by atoms with van der Waals surface area (Å²) in [5.41, 5.74) is 1.96. The molecule has 35 heavy (non-hydrogen) atoms. The van der Waals surface area contributed by atoms with Gasteiger partial charge in [0.2, 0.25) is 5.91 Å². The molecule has 0 bridgehead atoms. The molecule has 0 radical (unpaired) electrons. The summed E-state index contributed by atoms with van der Waals surface area (Å²) in [4.78, 5) is 17.6. The van der Waals surface area contributed by atoms with E-state index in [1.54, 1.807) is 6.07 Å². The number of ether oxygens (including phenoxy) is 1. The summed E-state index contributed by atoms with van der Waals surface area (Å²) >= 11 is 0. The maximum absolute atomic E-state index is 13.4. The average Bonchev–Trinajstić information content (AvgIpc) is 3.39. The number of fused-ring (bicyclic) bond motifs is 3. The second kappa shape index (κ2) is 9.42. The van der Waals surface area contributed by atoms with Gasteiger partial charge in [-0.25, -0.2) is 0 Å². The molecule has 3 heterocycles. The van der Waals surface area contributed by atoms with Gasteiger partial charge in [-0.1, -0.05) is 12.1 Å². The van der Waals surface area contributed by atoms with Crippen LogP contribution in [-0.2, 0) is 22.1 Å². The number of piperazine rings is 1. The van der Waals surface area contributed by atoms with Crippen molar-refractivity contribution >= 4 is 17.3 Å². The van der Waals surface area contributed by atoms with Crippen LogP contribution >= 0.6 is 0 Å². The summed E-state index contributed by atoms with van der Waals surface area (Å²) in [6.07, 6.45) is -2.39. The highest BCUT2D eigenvalue weighted by atomic mass is 19.4. The molecule has 0 unspecified atom stereocenters. The highest BCUT2D eigenvalue weighted by Crippen LogP contribution is 2.40. The van der Waals surface area contributed by atoms with Gasteiger partial charge in [-0.3, -0.25) is 4.79 Å². The Balaban J connectivity index is 1.45. The van der Waals surface area contributed by atoms with Crippen molar-refractivity contribution in [1.29, 1.82) is 5.26 Å². The van der Waals surface area contributed by atoms with Crippen molar-refractivity contribution in [2.75, 3.05) is 42.6 Å². The van der Waals surface area contributed by atoms with Crippen LogP contribution in [0.2, 0.25) is 0 Å². The van der Waals surface area contributed by atoms with Crippen LogP contribution in [0, 0.1) is 17.2 Å². The zero-order valence-corrected chi connectivity index (χ0v) is 19.2. The van der Waals surface area contributed by atoms with E-state index in [9.17, 15) is 23.2 Å². The molecule has 3 aliphatic heterocycles. The van der Waals surface area contributed by atoms with Crippen LogP contribution in [0.15, 0.2) is 42.5 Å². The van der Waals surface area contributed by atoms with Crippen LogP contribution in [0.1, 0.15) is 29.5 Å². The van der Waals surface area contributed by atoms with Crippen molar-refractivity contribution in [3.8, 4) is 6.07 Å². The molecule has 6 nitrogen and oxygen atoms in total. The third-order valence-corrected chi connectivity index (χ3v) is 7.27. The Morgan fingerprint density at radius 1 is 1.17 bits per heavy atom. The summed E-state index contributed by atoms with van der Waals surface area (Å²) in [6.45, 7) is 2.72. The topological polar surface area (TPSA) is 68.6 Å². The van der Waals surface area contributed by atoms with Crippen LogP contribution in [0.25, 0.3) is 0 Å². The predicted molar refractivity (Wildman–Crippen MR) is 125 cm³/mol. The zero-order chi connectivity index (χ0) is 24.6. The fraction of sp³-hybridized carbons (Fsp3) is 0.462. The molecule has 0 aromatic heterocycles. The number of nitriles is 1. The number of halogens is 3. The van der Waals surface area contributed by atoms with E-state index in [0.717, 1.165) is 30.3 Å². The lowest BCUT2D eigenvalue weighted by atomic mass is 9.82. The molecular formula is C26H27F3N4O2. The van der Waals surface area contributed by atoms with Gasteiger partial charge in [-0.15, -0.1) is 0 Å². The number of hydrogen-bond acceptors (Lipinski definition) is 5. The molecule has 0 aliphatic carbocycles. The number of alkyl halides is 3. The maximum Gasteiger partial charge on any atom is 0.416 e. The Labute approximate surface area is 202 Å². The molecule has 2 fully saturated rings. The van der Waals surface area contributed by atoms with Crippen molar-refractivity contribution in [2.24, 2.45) is 5.92 Å². The first-order valence-electron chi connectivity index (χ1n) is 12.0. The van der Waals surface area contributed by atoms with E-state index in [2.05, 4.69) is 21.2 Å². The fourth-order valence-corrected chi connectivity index (χ4v) is 5.51. The van der Waals surface area contributed by atoms with Crippen molar-refractivity contribution in [2.45, 2.75) is 37.6 Å². The Morgan fingerprint density at radius 2 is 2.00 bits per heavy atom. The SMILES string of the molecule is N#Cc1ccccc1N1CCN2c3ccc(C(F)(F)F)cc3C[C@H](C(=O)NC[C@H]3CCCO3)[C@@H]2C1. The number of amides is 1. The molecule has 5 rings (SSSR count). The summed E-state index contributed by atoms with van der Waals surface area (Å²) in [6, 6.07) is 13.2. The third-order valence-electron chi connectivity index (χ3n) is 7.27. The normalized spacial score (nSPS) is 23.9. The number of nitrogens with one attached hydrogen (secondary N) is 1. The maximum atomic E-state index is 13.4. The molecular weight excluding hydrogens is 457 g/mol. The van der Waals surface area contributed by atoms with Crippen LogP contribution in [0.3, 0.4) is 0 Å². The van der Waals surface area contributed by atoms with E-state index >= 15 is 0 Å². The van der Waals surface area contributed by atoms with Gasteiger partial charge >= 0.3 is 6.18 Å². The van der Waals surface area contributed by atoms with Gasteiger partial charge in [-0.2, -0.15) is 18.4 Å². The van der Waals surface area contributed by atoms with Gasteiger partial charge in [-0.05, 0) is 55.2 Å². The molecule has 1 amide bonds. The first-order chi connectivity index (χ1) is 16.8. The molecule has 184 valence electrons. The number of rotatable bonds is 4. The van der Waals surface area contributed by atoms with Crippen molar-refractivity contribution in [3.63, 3.8) is 0 Å². The van der Waals surface area contributed by atoms with E-state index < -0.39 is 17.7 Å². The highest BCUT2D eigenvalue weighted by molar-refractivity contribution is 5.82. The Kier molecular flexibility index (Phi) is 6.32. The second-order valence-corrected chi connectivity index (χ2v) is 9.37. The van der Waals surface area contributed by atoms with Gasteiger partial charge in [0, 0.05) is 38.5 Å². The van der Waals surface area contributed by atoms with Crippen LogP contribution in [0.4, 0.5) is 24.5 Å². The molecule has 2 saturated heterocycles. The molecule has 0 saturated carbocycles. The third kappa shape index (κ3) is 4.67. The summed E-state index contributed by atoms with van der Waals surface area (Å²) in [5.74, 6) is -0.696. The zero-order valence-electron chi connectivity index (χ0n) is 19.2. The monoisotopic (exact) mass is 484 g/mol. The van der Waals surface area contributed by atoms with E-state index in [4.69, 9.17) is 4.74 Å². The molecule has 2 aromatic rings. The first-order valence-corrected chi connectivity index (χ1v) is 12.0. The van der Waals surface area contributed by atoms with Crippen LogP contribution < -0.4 is 15.1 Å². The number of para-hydroxylation sites is 1.